The van der Waals surface area contributed by atoms with Gasteiger partial charge in [0.2, 0.25) is 5.91 Å². The average Bonchev–Trinajstić information content (AvgIpc) is 2.59. The number of nitrogens with one attached hydrogen (secondary N) is 2. The fraction of sp³-hybridized carbons (Fsp3) is 0.333. The third kappa shape index (κ3) is 5.18. The van der Waals surface area contributed by atoms with Crippen LogP contribution in [0.4, 0.5) is 5.69 Å². The molecular weight excluding hydrogens is 392 g/mol. The molecule has 2 amide bonds. The van der Waals surface area contributed by atoms with Crippen LogP contribution in [0.3, 0.4) is 0 Å². The van der Waals surface area contributed by atoms with E-state index in [1.165, 1.54) is 5.56 Å². The van der Waals surface area contributed by atoms with Crippen LogP contribution in [0.2, 0.25) is 0 Å². The van der Waals surface area contributed by atoms with Crippen LogP contribution in [0.1, 0.15) is 49.5 Å². The number of carbonyl (C=O) groups excluding carboxylic acids is 2. The molecule has 2 aromatic carbocycles. The first-order chi connectivity index (χ1) is 12.3. The lowest BCUT2D eigenvalue weighted by molar-refractivity contribution is -0.118. The summed E-state index contributed by atoms with van der Waals surface area (Å²) in [5, 5.41) is 5.74. The number of hydrogen-bond donors (Lipinski definition) is 2. The third-order valence-electron chi connectivity index (χ3n) is 4.20. The highest BCUT2D eigenvalue weighted by molar-refractivity contribution is 9.10. The molecule has 0 aliphatic rings. The number of hydrogen-bond acceptors (Lipinski definition) is 2. The molecule has 0 heterocycles. The molecule has 0 bridgehead atoms. The Hall–Kier alpha value is -2.14. The lowest BCUT2D eigenvalue weighted by atomic mass is 10.0. The molecule has 0 fully saturated rings. The Morgan fingerprint density at radius 3 is 2.08 bits per heavy atom. The summed E-state index contributed by atoms with van der Waals surface area (Å²) in [6.07, 6.45) is 0. The number of halogens is 1. The first-order valence-corrected chi connectivity index (χ1v) is 9.55. The summed E-state index contributed by atoms with van der Waals surface area (Å²) in [6.45, 7) is 8.07. The predicted molar refractivity (Wildman–Crippen MR) is 109 cm³/mol. The molecule has 5 heteroatoms. The minimum absolute atomic E-state index is 0.0450. The average molecular weight is 417 g/mol. The zero-order valence-corrected chi connectivity index (χ0v) is 17.1. The van der Waals surface area contributed by atoms with E-state index in [2.05, 4.69) is 40.4 Å². The van der Waals surface area contributed by atoms with Crippen molar-refractivity contribution in [2.45, 2.75) is 39.7 Å². The highest BCUT2D eigenvalue weighted by atomic mass is 79.9. The van der Waals surface area contributed by atoms with Gasteiger partial charge in [0.05, 0.1) is 5.56 Å². The Morgan fingerprint density at radius 1 is 0.923 bits per heavy atom. The Kier molecular flexibility index (Phi) is 6.98. The van der Waals surface area contributed by atoms with E-state index >= 15 is 0 Å². The molecule has 26 heavy (non-hydrogen) atoms. The van der Waals surface area contributed by atoms with Gasteiger partial charge >= 0.3 is 0 Å². The van der Waals surface area contributed by atoms with Gasteiger partial charge in [0.15, 0.2) is 0 Å². The molecule has 2 N–H and O–H groups in total. The summed E-state index contributed by atoms with van der Waals surface area (Å²) < 4.78 is 0.699. The summed E-state index contributed by atoms with van der Waals surface area (Å²) in [6, 6.07) is 14.3. The monoisotopic (exact) mass is 416 g/mol. The highest BCUT2D eigenvalue weighted by Crippen LogP contribution is 2.19. The summed E-state index contributed by atoms with van der Waals surface area (Å²) in [5.74, 6) is -0.109. The van der Waals surface area contributed by atoms with Gasteiger partial charge in [-0.05, 0) is 57.6 Å². The Balaban J connectivity index is 2.10. The smallest absolute Gasteiger partial charge is 0.253 e. The van der Waals surface area contributed by atoms with E-state index in [1.807, 2.05) is 44.2 Å². The van der Waals surface area contributed by atoms with Gasteiger partial charge in [-0.3, -0.25) is 9.59 Å². The van der Waals surface area contributed by atoms with Gasteiger partial charge in [-0.2, -0.15) is 0 Å². The van der Waals surface area contributed by atoms with Gasteiger partial charge < -0.3 is 10.6 Å². The van der Waals surface area contributed by atoms with E-state index < -0.39 is 6.04 Å². The van der Waals surface area contributed by atoms with Gasteiger partial charge in [-0.1, -0.05) is 52.0 Å². The quantitative estimate of drug-likeness (QED) is 0.698. The van der Waals surface area contributed by atoms with Crippen molar-refractivity contribution in [2.75, 3.05) is 5.32 Å². The summed E-state index contributed by atoms with van der Waals surface area (Å²) in [4.78, 5) is 25.2. The van der Waals surface area contributed by atoms with E-state index in [0.29, 0.717) is 16.0 Å². The molecule has 0 aromatic heterocycles. The van der Waals surface area contributed by atoms with Crippen LogP contribution in [-0.2, 0) is 4.79 Å². The van der Waals surface area contributed by atoms with Gasteiger partial charge in [0.1, 0.15) is 6.04 Å². The van der Waals surface area contributed by atoms with Gasteiger partial charge in [-0.25, -0.2) is 0 Å². The topological polar surface area (TPSA) is 58.2 Å². The molecule has 0 spiro atoms. The minimum atomic E-state index is -0.626. The van der Waals surface area contributed by atoms with Crippen molar-refractivity contribution < 1.29 is 9.59 Å². The molecule has 0 saturated carbocycles. The molecule has 0 radical (unpaired) electrons. The lowest BCUT2D eigenvalue weighted by Crippen LogP contribution is -2.47. The molecular formula is C21H25BrN2O2. The maximum atomic E-state index is 12.7. The molecule has 4 nitrogen and oxygen atoms in total. The van der Waals surface area contributed by atoms with Crippen LogP contribution in [0.15, 0.2) is 53.0 Å². The molecule has 0 aliphatic heterocycles. The second kappa shape index (κ2) is 8.99. The number of anilines is 1. The molecule has 1 atom stereocenters. The van der Waals surface area contributed by atoms with Gasteiger partial charge in [-0.15, -0.1) is 0 Å². The minimum Gasteiger partial charge on any atom is -0.340 e. The van der Waals surface area contributed by atoms with Crippen molar-refractivity contribution in [1.29, 1.82) is 0 Å². The summed E-state index contributed by atoms with van der Waals surface area (Å²) in [5.41, 5.74) is 2.44. The molecule has 2 rings (SSSR count). The number of carbonyl (C=O) groups is 2. The second-order valence-electron chi connectivity index (χ2n) is 6.94. The second-order valence-corrected chi connectivity index (χ2v) is 7.80. The zero-order chi connectivity index (χ0) is 19.3. The number of rotatable bonds is 6. The van der Waals surface area contributed by atoms with Crippen molar-refractivity contribution in [3.63, 3.8) is 0 Å². The molecule has 0 unspecified atom stereocenters. The Bertz CT molecular complexity index is 770. The van der Waals surface area contributed by atoms with Crippen LogP contribution in [0.5, 0.6) is 0 Å². The maximum absolute atomic E-state index is 12.7. The van der Waals surface area contributed by atoms with E-state index in [4.69, 9.17) is 0 Å². The maximum Gasteiger partial charge on any atom is 0.253 e. The third-order valence-corrected chi connectivity index (χ3v) is 4.89. The molecule has 2 aromatic rings. The fourth-order valence-corrected chi connectivity index (χ4v) is 3.04. The number of benzene rings is 2. The van der Waals surface area contributed by atoms with Crippen molar-refractivity contribution in [2.24, 2.45) is 5.92 Å². The SMILES string of the molecule is CC(C)c1ccc(NC(=O)[C@@H](NC(=O)c2ccccc2Br)C(C)C)cc1. The molecule has 138 valence electrons. The van der Waals surface area contributed by atoms with E-state index in [9.17, 15) is 9.59 Å². The predicted octanol–water partition coefficient (Wildman–Crippen LogP) is 4.97. The zero-order valence-electron chi connectivity index (χ0n) is 15.5. The van der Waals surface area contributed by atoms with Crippen molar-refractivity contribution in [3.05, 3.63) is 64.1 Å². The first kappa shape index (κ1) is 20.2. The van der Waals surface area contributed by atoms with Crippen LogP contribution in [-0.4, -0.2) is 17.9 Å². The largest absolute Gasteiger partial charge is 0.340 e. The number of amides is 2. The highest BCUT2D eigenvalue weighted by Gasteiger charge is 2.25. The Morgan fingerprint density at radius 2 is 1.54 bits per heavy atom. The van der Waals surface area contributed by atoms with E-state index in [1.54, 1.807) is 18.2 Å². The van der Waals surface area contributed by atoms with Crippen LogP contribution in [0, 0.1) is 5.92 Å². The fourth-order valence-electron chi connectivity index (χ4n) is 2.57. The van der Waals surface area contributed by atoms with Crippen LogP contribution < -0.4 is 10.6 Å². The molecule has 0 saturated heterocycles. The molecule has 0 aliphatic carbocycles. The van der Waals surface area contributed by atoms with Crippen LogP contribution in [0.25, 0.3) is 0 Å². The van der Waals surface area contributed by atoms with Gasteiger partial charge in [0.25, 0.3) is 5.91 Å². The summed E-state index contributed by atoms with van der Waals surface area (Å²) in [7, 11) is 0. The standard InChI is InChI=1S/C21H25BrN2O2/c1-13(2)15-9-11-16(12-10-15)23-21(26)19(14(3)4)24-20(25)17-7-5-6-8-18(17)22/h5-14,19H,1-4H3,(H,23,26)(H,24,25)/t19-/m0/s1. The first-order valence-electron chi connectivity index (χ1n) is 8.75. The van der Waals surface area contributed by atoms with E-state index in [-0.39, 0.29) is 17.7 Å². The Labute approximate surface area is 163 Å². The van der Waals surface area contributed by atoms with Gasteiger partial charge in [0, 0.05) is 10.2 Å². The van der Waals surface area contributed by atoms with Crippen molar-refractivity contribution in [3.8, 4) is 0 Å². The normalized spacial score (nSPS) is 12.1. The van der Waals surface area contributed by atoms with Crippen molar-refractivity contribution in [1.82, 2.24) is 5.32 Å². The lowest BCUT2D eigenvalue weighted by Gasteiger charge is -2.22. The summed E-state index contributed by atoms with van der Waals surface area (Å²) >= 11 is 3.37. The van der Waals surface area contributed by atoms with Crippen molar-refractivity contribution >= 4 is 33.4 Å². The van der Waals surface area contributed by atoms with Crippen LogP contribution >= 0.6 is 15.9 Å². The van der Waals surface area contributed by atoms with E-state index in [0.717, 1.165) is 5.69 Å².